The van der Waals surface area contributed by atoms with E-state index < -0.39 is 0 Å². The monoisotopic (exact) mass is 94.1 g/mol. The number of rotatable bonds is 0. The van der Waals surface area contributed by atoms with Gasteiger partial charge in [0, 0.05) is 0 Å². The fraction of sp³-hybridized carbons (Fsp3) is 0.714. The summed E-state index contributed by atoms with van der Waals surface area (Å²) in [5.41, 5.74) is 0. The van der Waals surface area contributed by atoms with Crippen LogP contribution < -0.4 is 0 Å². The molecule has 0 saturated heterocycles. The van der Waals surface area contributed by atoms with E-state index in [0.29, 0.717) is 0 Å². The summed E-state index contributed by atoms with van der Waals surface area (Å²) in [4.78, 5) is 0. The normalized spacial score (nSPS) is 45.7. The molecule has 0 aromatic rings. The number of hydrogen-bond acceptors (Lipinski definition) is 0. The second-order valence-electron chi connectivity index (χ2n) is 2.67. The fourth-order valence-corrected chi connectivity index (χ4v) is 1.42. The van der Waals surface area contributed by atoms with Gasteiger partial charge < -0.3 is 0 Å². The van der Waals surface area contributed by atoms with Crippen molar-refractivity contribution in [1.29, 1.82) is 0 Å². The minimum Gasteiger partial charge on any atom is -0.0882 e. The highest BCUT2D eigenvalue weighted by Crippen LogP contribution is 2.45. The van der Waals surface area contributed by atoms with E-state index in [1.54, 1.807) is 0 Å². The standard InChI is InChI=1S/C7H10/c1-2-4-7-5-6(7)3-1/h1,3,6-7H,2,4-5H2/t6-,7?/m0/s1. The van der Waals surface area contributed by atoms with Crippen molar-refractivity contribution in [3.63, 3.8) is 0 Å². The third kappa shape index (κ3) is 0.495. The van der Waals surface area contributed by atoms with Crippen LogP contribution in [0.1, 0.15) is 19.3 Å². The van der Waals surface area contributed by atoms with Crippen molar-refractivity contribution in [2.45, 2.75) is 19.3 Å². The minimum absolute atomic E-state index is 1.02. The molecule has 0 bridgehead atoms. The van der Waals surface area contributed by atoms with Crippen LogP contribution in [-0.2, 0) is 0 Å². The molecular formula is C7H10. The second-order valence-corrected chi connectivity index (χ2v) is 2.67. The lowest BCUT2D eigenvalue weighted by molar-refractivity contribution is 0.682. The Morgan fingerprint density at radius 2 is 2.43 bits per heavy atom. The maximum atomic E-state index is 2.38. The summed E-state index contributed by atoms with van der Waals surface area (Å²) in [6.07, 6.45) is 9.03. The smallest absolute Gasteiger partial charge is 0.0202 e. The zero-order chi connectivity index (χ0) is 4.69. The summed E-state index contributed by atoms with van der Waals surface area (Å²) in [5, 5.41) is 0. The van der Waals surface area contributed by atoms with Gasteiger partial charge in [0.1, 0.15) is 0 Å². The summed E-state index contributed by atoms with van der Waals surface area (Å²) >= 11 is 0. The highest BCUT2D eigenvalue weighted by atomic mass is 14.4. The first-order valence-electron chi connectivity index (χ1n) is 3.13. The van der Waals surface area contributed by atoms with Crippen molar-refractivity contribution < 1.29 is 0 Å². The summed E-state index contributed by atoms with van der Waals surface area (Å²) in [7, 11) is 0. The average molecular weight is 94.2 g/mol. The average Bonchev–Trinajstić information content (AvgIpc) is 2.41. The topological polar surface area (TPSA) is 0 Å². The van der Waals surface area contributed by atoms with Crippen LogP contribution >= 0.6 is 0 Å². The summed E-state index contributed by atoms with van der Waals surface area (Å²) in [6, 6.07) is 0. The van der Waals surface area contributed by atoms with Gasteiger partial charge in [-0.25, -0.2) is 0 Å². The van der Waals surface area contributed by atoms with Crippen LogP contribution in [0.15, 0.2) is 12.2 Å². The van der Waals surface area contributed by atoms with Crippen molar-refractivity contribution in [3.8, 4) is 0 Å². The third-order valence-corrected chi connectivity index (χ3v) is 2.06. The molecule has 1 unspecified atom stereocenters. The van der Waals surface area contributed by atoms with Crippen LogP contribution in [-0.4, -0.2) is 0 Å². The molecule has 0 N–H and O–H groups in total. The first kappa shape index (κ1) is 3.71. The lowest BCUT2D eigenvalue weighted by Crippen LogP contribution is -1.83. The van der Waals surface area contributed by atoms with E-state index in [-0.39, 0.29) is 0 Å². The molecule has 2 atom stereocenters. The molecule has 0 aromatic carbocycles. The van der Waals surface area contributed by atoms with Crippen LogP contribution in [0.2, 0.25) is 0 Å². The molecule has 0 heterocycles. The minimum atomic E-state index is 1.02. The Kier molecular flexibility index (Phi) is 0.592. The molecule has 2 aliphatic rings. The van der Waals surface area contributed by atoms with Gasteiger partial charge in [0.05, 0.1) is 0 Å². The molecule has 0 radical (unpaired) electrons. The summed E-state index contributed by atoms with van der Waals surface area (Å²) in [6.45, 7) is 0. The van der Waals surface area contributed by atoms with Gasteiger partial charge in [0.25, 0.3) is 0 Å². The van der Waals surface area contributed by atoms with E-state index in [4.69, 9.17) is 0 Å². The Bertz CT molecular complexity index is 103. The predicted molar refractivity (Wildman–Crippen MR) is 30.0 cm³/mol. The quantitative estimate of drug-likeness (QED) is 0.402. The lowest BCUT2D eigenvalue weighted by Gasteiger charge is -1.96. The first-order valence-corrected chi connectivity index (χ1v) is 3.13. The van der Waals surface area contributed by atoms with Crippen LogP contribution in [0.25, 0.3) is 0 Å². The fourth-order valence-electron chi connectivity index (χ4n) is 1.42. The van der Waals surface area contributed by atoms with E-state index >= 15 is 0 Å². The van der Waals surface area contributed by atoms with Crippen molar-refractivity contribution in [3.05, 3.63) is 12.2 Å². The van der Waals surface area contributed by atoms with Crippen LogP contribution in [0.3, 0.4) is 0 Å². The van der Waals surface area contributed by atoms with Crippen LogP contribution in [0, 0.1) is 11.8 Å². The summed E-state index contributed by atoms with van der Waals surface area (Å²) in [5.74, 6) is 2.14. The predicted octanol–water partition coefficient (Wildman–Crippen LogP) is 1.97. The second kappa shape index (κ2) is 1.12. The van der Waals surface area contributed by atoms with E-state index in [0.717, 1.165) is 11.8 Å². The molecule has 1 fully saturated rings. The molecular weight excluding hydrogens is 84.1 g/mol. The van der Waals surface area contributed by atoms with Gasteiger partial charge in [0.15, 0.2) is 0 Å². The number of hydrogen-bond donors (Lipinski definition) is 0. The first-order chi connectivity index (χ1) is 3.47. The molecule has 0 aromatic heterocycles. The van der Waals surface area contributed by atoms with E-state index in [9.17, 15) is 0 Å². The molecule has 0 amide bonds. The third-order valence-electron chi connectivity index (χ3n) is 2.06. The Labute approximate surface area is 44.2 Å². The van der Waals surface area contributed by atoms with Gasteiger partial charge in [-0.15, -0.1) is 0 Å². The molecule has 38 valence electrons. The zero-order valence-electron chi connectivity index (χ0n) is 4.43. The SMILES string of the molecule is C1=C[C@H]2CC2CC1. The van der Waals surface area contributed by atoms with E-state index in [2.05, 4.69) is 12.2 Å². The van der Waals surface area contributed by atoms with Gasteiger partial charge in [-0.3, -0.25) is 0 Å². The maximum absolute atomic E-state index is 2.38. The maximum Gasteiger partial charge on any atom is -0.0202 e. The highest BCUT2D eigenvalue weighted by molar-refractivity contribution is 5.06. The highest BCUT2D eigenvalue weighted by Gasteiger charge is 2.35. The molecule has 2 aliphatic carbocycles. The molecule has 7 heavy (non-hydrogen) atoms. The van der Waals surface area contributed by atoms with Crippen LogP contribution in [0.5, 0.6) is 0 Å². The van der Waals surface area contributed by atoms with E-state index in [1.807, 2.05) is 0 Å². The van der Waals surface area contributed by atoms with Crippen LogP contribution in [0.4, 0.5) is 0 Å². The van der Waals surface area contributed by atoms with Crippen molar-refractivity contribution in [1.82, 2.24) is 0 Å². The number of allylic oxidation sites excluding steroid dienone is 2. The molecule has 0 aliphatic heterocycles. The van der Waals surface area contributed by atoms with Crippen molar-refractivity contribution in [2.75, 3.05) is 0 Å². The van der Waals surface area contributed by atoms with E-state index in [1.165, 1.54) is 19.3 Å². The zero-order valence-corrected chi connectivity index (χ0v) is 4.43. The Morgan fingerprint density at radius 3 is 3.00 bits per heavy atom. The molecule has 0 spiro atoms. The van der Waals surface area contributed by atoms with Gasteiger partial charge in [-0.05, 0) is 31.1 Å². The van der Waals surface area contributed by atoms with Gasteiger partial charge in [-0.1, -0.05) is 12.2 Å². The molecule has 2 rings (SSSR count). The molecule has 0 nitrogen and oxygen atoms in total. The van der Waals surface area contributed by atoms with Gasteiger partial charge in [0.2, 0.25) is 0 Å². The Morgan fingerprint density at radius 1 is 1.43 bits per heavy atom. The van der Waals surface area contributed by atoms with Gasteiger partial charge >= 0.3 is 0 Å². The van der Waals surface area contributed by atoms with Crippen molar-refractivity contribution >= 4 is 0 Å². The summed E-state index contributed by atoms with van der Waals surface area (Å²) < 4.78 is 0. The van der Waals surface area contributed by atoms with Crippen molar-refractivity contribution in [2.24, 2.45) is 11.8 Å². The number of fused-ring (bicyclic) bond motifs is 1. The van der Waals surface area contributed by atoms with Gasteiger partial charge in [-0.2, -0.15) is 0 Å². The molecule has 1 saturated carbocycles. The Hall–Kier alpha value is -0.260. The Balaban J connectivity index is 2.14. The lowest BCUT2D eigenvalue weighted by atomic mass is 10.1. The molecule has 0 heteroatoms. The largest absolute Gasteiger partial charge is 0.0882 e.